The van der Waals surface area contributed by atoms with E-state index in [0.29, 0.717) is 18.0 Å². The highest BCUT2D eigenvalue weighted by molar-refractivity contribution is 9.12. The Morgan fingerprint density at radius 2 is 1.58 bits per heavy atom. The van der Waals surface area contributed by atoms with Gasteiger partial charge in [-0.2, -0.15) is 0 Å². The normalized spacial score (nSPS) is 30.9. The summed E-state index contributed by atoms with van der Waals surface area (Å²) in [5.41, 5.74) is 1.65. The van der Waals surface area contributed by atoms with Crippen LogP contribution in [-0.4, -0.2) is 38.3 Å². The van der Waals surface area contributed by atoms with Gasteiger partial charge in [0.25, 0.3) is 0 Å². The van der Waals surface area contributed by atoms with Crippen molar-refractivity contribution in [3.05, 3.63) is 60.2 Å². The molecule has 3 aliphatic rings. The second-order valence-corrected chi connectivity index (χ2v) is 11.1. The Morgan fingerprint density at radius 1 is 1.00 bits per heavy atom. The first kappa shape index (κ1) is 22.6. The van der Waals surface area contributed by atoms with Crippen molar-refractivity contribution >= 4 is 55.3 Å². The van der Waals surface area contributed by atoms with E-state index >= 15 is 0 Å². The smallest absolute Gasteiger partial charge is 0.247 e. The number of carbonyl (C=O) groups is 3. The zero-order valence-electron chi connectivity index (χ0n) is 18.0. The molecular formula is C25H24Br2N2O4. The number of likely N-dealkylation sites (tertiary alicyclic amines) is 1. The summed E-state index contributed by atoms with van der Waals surface area (Å²) in [6.07, 6.45) is 0.867. The van der Waals surface area contributed by atoms with Crippen molar-refractivity contribution in [3.8, 4) is 5.75 Å². The fraction of sp³-hybridized carbons (Fsp3) is 0.400. The summed E-state index contributed by atoms with van der Waals surface area (Å²) in [5.74, 6) is -0.509. The van der Waals surface area contributed by atoms with Crippen molar-refractivity contribution in [2.45, 2.75) is 35.6 Å². The molecule has 0 aromatic heterocycles. The van der Waals surface area contributed by atoms with Gasteiger partial charge in [0.15, 0.2) is 0 Å². The molecule has 2 aromatic rings. The molecular weight excluding hydrogens is 552 g/mol. The number of anilines is 1. The van der Waals surface area contributed by atoms with Crippen LogP contribution < -0.4 is 10.1 Å². The van der Waals surface area contributed by atoms with Gasteiger partial charge in [0, 0.05) is 15.3 Å². The van der Waals surface area contributed by atoms with Gasteiger partial charge in [0.05, 0.1) is 11.8 Å². The third-order valence-electron chi connectivity index (χ3n) is 7.16. The lowest BCUT2D eigenvalue weighted by atomic mass is 9.81. The highest BCUT2D eigenvalue weighted by atomic mass is 79.9. The minimum atomic E-state index is -0.869. The summed E-state index contributed by atoms with van der Waals surface area (Å²) in [7, 11) is 0. The van der Waals surface area contributed by atoms with Gasteiger partial charge in [0.1, 0.15) is 18.4 Å². The van der Waals surface area contributed by atoms with E-state index in [-0.39, 0.29) is 51.0 Å². The third kappa shape index (κ3) is 3.91. The monoisotopic (exact) mass is 574 g/mol. The summed E-state index contributed by atoms with van der Waals surface area (Å²) in [4.78, 5) is 40.7. The lowest BCUT2D eigenvalue weighted by Crippen LogP contribution is -2.46. The van der Waals surface area contributed by atoms with Gasteiger partial charge in [0.2, 0.25) is 17.7 Å². The van der Waals surface area contributed by atoms with E-state index in [0.717, 1.165) is 12.0 Å². The number of nitrogens with zero attached hydrogens (tertiary/aromatic N) is 1. The number of ether oxygens (including phenoxy) is 1. The number of amides is 3. The predicted molar refractivity (Wildman–Crippen MR) is 131 cm³/mol. The number of alkyl halides is 2. The Labute approximate surface area is 209 Å². The molecule has 0 spiro atoms. The van der Waals surface area contributed by atoms with Gasteiger partial charge >= 0.3 is 0 Å². The summed E-state index contributed by atoms with van der Waals surface area (Å²) in [6.45, 7) is 2.07. The van der Waals surface area contributed by atoms with Crippen LogP contribution in [0.1, 0.15) is 18.9 Å². The Hall–Kier alpha value is -2.19. The topological polar surface area (TPSA) is 75.7 Å². The van der Waals surface area contributed by atoms with Crippen LogP contribution in [0.3, 0.4) is 0 Å². The van der Waals surface area contributed by atoms with Crippen LogP contribution in [0.2, 0.25) is 0 Å². The van der Waals surface area contributed by atoms with Crippen LogP contribution in [0.5, 0.6) is 5.75 Å². The molecule has 1 aliphatic heterocycles. The highest BCUT2D eigenvalue weighted by Crippen LogP contribution is 2.60. The van der Waals surface area contributed by atoms with E-state index in [1.54, 1.807) is 31.2 Å². The number of fused-ring (bicyclic) bond motifs is 5. The fourth-order valence-corrected chi connectivity index (χ4v) is 7.37. The summed E-state index contributed by atoms with van der Waals surface area (Å²) in [5, 5.41) is 2.82. The molecule has 2 bridgehead atoms. The van der Waals surface area contributed by atoms with Crippen LogP contribution in [0.15, 0.2) is 54.6 Å². The molecule has 8 heteroatoms. The summed E-state index contributed by atoms with van der Waals surface area (Å²) in [6, 6.07) is 16.1. The van der Waals surface area contributed by atoms with Crippen molar-refractivity contribution in [2.75, 3.05) is 5.32 Å². The van der Waals surface area contributed by atoms with Gasteiger partial charge in [-0.3, -0.25) is 19.3 Å². The number of halogens is 2. The molecule has 5 rings (SSSR count). The Kier molecular flexibility index (Phi) is 6.07. The van der Waals surface area contributed by atoms with E-state index in [1.165, 1.54) is 4.90 Å². The maximum atomic E-state index is 13.1. The van der Waals surface area contributed by atoms with Gasteiger partial charge in [-0.25, -0.2) is 0 Å². The Morgan fingerprint density at radius 3 is 2.15 bits per heavy atom. The standard InChI is InChI=1S/C25H24Br2N2O4/c1-13(29-24(31)19-17-11-18(20(19)25(29)32)22(27)21(17)26)23(30)28-15-7-9-16(10-8-15)33-12-14-5-3-2-4-6-14/h2-10,13,17-22H,11-12H2,1H3,(H,28,30)/t13-,17-,18-,19-,20+,21-,22+/m0/s1. The molecule has 1 N–H and O–H groups in total. The molecule has 2 aliphatic carbocycles. The molecule has 172 valence electrons. The minimum absolute atomic E-state index is 0.129. The number of carbonyl (C=O) groups excluding carboxylic acids is 3. The van der Waals surface area contributed by atoms with Crippen LogP contribution >= 0.6 is 31.9 Å². The van der Waals surface area contributed by atoms with E-state index in [1.807, 2.05) is 30.3 Å². The molecule has 0 radical (unpaired) electrons. The molecule has 33 heavy (non-hydrogen) atoms. The van der Waals surface area contributed by atoms with E-state index < -0.39 is 6.04 Å². The van der Waals surface area contributed by atoms with Gasteiger partial charge in [-0.05, 0) is 55.0 Å². The number of benzene rings is 2. The third-order valence-corrected chi connectivity index (χ3v) is 10.4. The van der Waals surface area contributed by atoms with Gasteiger partial charge in [-0.15, -0.1) is 0 Å². The molecule has 2 saturated carbocycles. The predicted octanol–water partition coefficient (Wildman–Crippen LogP) is 4.37. The average molecular weight is 576 g/mol. The lowest BCUT2D eigenvalue weighted by molar-refractivity contribution is -0.146. The molecule has 7 atom stereocenters. The first-order chi connectivity index (χ1) is 15.9. The molecule has 1 saturated heterocycles. The number of nitrogens with one attached hydrogen (secondary N) is 1. The zero-order valence-corrected chi connectivity index (χ0v) is 21.2. The van der Waals surface area contributed by atoms with Crippen LogP contribution in [0, 0.1) is 23.7 Å². The molecule has 3 amide bonds. The van der Waals surface area contributed by atoms with Crippen molar-refractivity contribution in [1.29, 1.82) is 0 Å². The van der Waals surface area contributed by atoms with Crippen LogP contribution in [-0.2, 0) is 21.0 Å². The average Bonchev–Trinajstić information content (AvgIpc) is 3.43. The van der Waals surface area contributed by atoms with Crippen LogP contribution in [0.4, 0.5) is 5.69 Å². The number of rotatable bonds is 6. The highest BCUT2D eigenvalue weighted by Gasteiger charge is 2.67. The summed E-state index contributed by atoms with van der Waals surface area (Å²) >= 11 is 7.37. The number of imide groups is 1. The van der Waals surface area contributed by atoms with E-state index in [4.69, 9.17) is 4.74 Å². The second-order valence-electron chi connectivity index (χ2n) is 9.01. The first-order valence-corrected chi connectivity index (χ1v) is 12.9. The quantitative estimate of drug-likeness (QED) is 0.410. The van der Waals surface area contributed by atoms with Crippen molar-refractivity contribution < 1.29 is 19.1 Å². The van der Waals surface area contributed by atoms with Crippen molar-refractivity contribution in [3.63, 3.8) is 0 Å². The first-order valence-electron chi connectivity index (χ1n) is 11.1. The number of hydrogen-bond acceptors (Lipinski definition) is 4. The molecule has 6 nitrogen and oxygen atoms in total. The van der Waals surface area contributed by atoms with E-state index in [9.17, 15) is 14.4 Å². The maximum Gasteiger partial charge on any atom is 0.247 e. The van der Waals surface area contributed by atoms with E-state index in [2.05, 4.69) is 37.2 Å². The number of hydrogen-bond donors (Lipinski definition) is 1. The van der Waals surface area contributed by atoms with Gasteiger partial charge < -0.3 is 10.1 Å². The van der Waals surface area contributed by atoms with Crippen molar-refractivity contribution in [2.24, 2.45) is 23.7 Å². The second kappa shape index (κ2) is 8.87. The summed E-state index contributed by atoms with van der Waals surface area (Å²) < 4.78 is 5.78. The molecule has 3 fully saturated rings. The van der Waals surface area contributed by atoms with Gasteiger partial charge in [-0.1, -0.05) is 62.2 Å². The van der Waals surface area contributed by atoms with Crippen LogP contribution in [0.25, 0.3) is 0 Å². The molecule has 2 aromatic carbocycles. The lowest BCUT2D eigenvalue weighted by Gasteiger charge is -2.28. The Balaban J connectivity index is 1.21. The fourth-order valence-electron chi connectivity index (χ4n) is 5.49. The van der Waals surface area contributed by atoms with Crippen molar-refractivity contribution in [1.82, 2.24) is 4.90 Å². The molecule has 0 unspecified atom stereocenters. The largest absolute Gasteiger partial charge is 0.489 e. The SMILES string of the molecule is C[C@@H](C(=O)Nc1ccc(OCc2ccccc2)cc1)N1C(=O)[C@@H]2[C@@H]3C[C@H]([C@H](Br)[C@@H]3Br)[C@@H]2C1=O. The Bertz CT molecular complexity index is 1050. The molecule has 1 heterocycles. The maximum absolute atomic E-state index is 13.1. The minimum Gasteiger partial charge on any atom is -0.489 e. The zero-order chi connectivity index (χ0) is 23.3.